The lowest BCUT2D eigenvalue weighted by atomic mass is 10.2. The summed E-state index contributed by atoms with van der Waals surface area (Å²) < 4.78 is 36.4. The molecular formula is C19H18F2N2O4. The minimum atomic E-state index is -1.04. The smallest absolute Gasteiger partial charge is 0.341 e. The molecule has 1 aliphatic heterocycles. The number of benzene rings is 2. The molecule has 0 spiro atoms. The summed E-state index contributed by atoms with van der Waals surface area (Å²) in [4.78, 5) is 25.9. The number of carbonyl (C=O) groups excluding carboxylic acids is 2. The number of rotatable bonds is 5. The molecule has 0 atom stereocenters. The Bertz CT molecular complexity index is 821. The van der Waals surface area contributed by atoms with E-state index in [1.165, 1.54) is 0 Å². The van der Waals surface area contributed by atoms with Gasteiger partial charge in [-0.1, -0.05) is 0 Å². The monoisotopic (exact) mass is 376 g/mol. The Balaban J connectivity index is 1.50. The van der Waals surface area contributed by atoms with Crippen molar-refractivity contribution in [3.05, 3.63) is 59.7 Å². The van der Waals surface area contributed by atoms with Gasteiger partial charge in [-0.3, -0.25) is 4.79 Å². The van der Waals surface area contributed by atoms with Gasteiger partial charge in [0.2, 0.25) is 0 Å². The first-order valence-electron chi connectivity index (χ1n) is 8.38. The van der Waals surface area contributed by atoms with Crippen molar-refractivity contribution in [3.8, 4) is 0 Å². The fraction of sp³-hybridized carbons (Fsp3) is 0.263. The average molecular weight is 376 g/mol. The van der Waals surface area contributed by atoms with E-state index >= 15 is 0 Å². The van der Waals surface area contributed by atoms with Crippen LogP contribution in [0.2, 0.25) is 0 Å². The van der Waals surface area contributed by atoms with Gasteiger partial charge in [-0.2, -0.15) is 0 Å². The van der Waals surface area contributed by atoms with E-state index in [4.69, 9.17) is 9.47 Å². The molecule has 1 aliphatic rings. The molecule has 0 saturated carbocycles. The second kappa shape index (κ2) is 8.59. The Morgan fingerprint density at radius 1 is 1.07 bits per heavy atom. The quantitative estimate of drug-likeness (QED) is 0.813. The number of hydrogen-bond donors (Lipinski definition) is 1. The highest BCUT2D eigenvalue weighted by Crippen LogP contribution is 2.19. The number of hydrogen-bond acceptors (Lipinski definition) is 5. The van der Waals surface area contributed by atoms with Crippen LogP contribution in [-0.2, 0) is 14.3 Å². The zero-order valence-electron chi connectivity index (χ0n) is 14.4. The first kappa shape index (κ1) is 18.8. The van der Waals surface area contributed by atoms with Gasteiger partial charge in [0.05, 0.1) is 18.8 Å². The van der Waals surface area contributed by atoms with Crippen molar-refractivity contribution in [2.24, 2.45) is 0 Å². The Labute approximate surface area is 154 Å². The van der Waals surface area contributed by atoms with Gasteiger partial charge in [-0.05, 0) is 36.4 Å². The molecule has 3 rings (SSSR count). The summed E-state index contributed by atoms with van der Waals surface area (Å²) in [6.45, 7) is 2.39. The van der Waals surface area contributed by atoms with Crippen LogP contribution in [0.15, 0.2) is 42.5 Å². The maximum atomic E-state index is 13.5. The SMILES string of the molecule is O=C(COC(=O)c1ccc(F)cc1F)Nc1ccc(N2CCOCC2)cc1. The molecule has 0 aromatic heterocycles. The number of carbonyl (C=O) groups is 2. The topological polar surface area (TPSA) is 67.9 Å². The first-order chi connectivity index (χ1) is 13.0. The van der Waals surface area contributed by atoms with Crippen LogP contribution in [0.4, 0.5) is 20.2 Å². The first-order valence-corrected chi connectivity index (χ1v) is 8.38. The van der Waals surface area contributed by atoms with Gasteiger partial charge in [-0.25, -0.2) is 13.6 Å². The fourth-order valence-corrected chi connectivity index (χ4v) is 2.64. The maximum Gasteiger partial charge on any atom is 0.341 e. The molecule has 1 fully saturated rings. The van der Waals surface area contributed by atoms with Crippen LogP contribution in [0.5, 0.6) is 0 Å². The Hall–Kier alpha value is -3.00. The molecule has 0 bridgehead atoms. The standard InChI is InChI=1S/C19H18F2N2O4/c20-13-1-6-16(17(21)11-13)19(25)27-12-18(24)22-14-2-4-15(5-3-14)23-7-9-26-10-8-23/h1-6,11H,7-10,12H2,(H,22,24). The molecule has 0 radical (unpaired) electrons. The Morgan fingerprint density at radius 3 is 2.44 bits per heavy atom. The molecule has 2 aromatic carbocycles. The van der Waals surface area contributed by atoms with Crippen molar-refractivity contribution in [2.45, 2.75) is 0 Å². The highest BCUT2D eigenvalue weighted by Gasteiger charge is 2.16. The Morgan fingerprint density at radius 2 is 1.78 bits per heavy atom. The largest absolute Gasteiger partial charge is 0.452 e. The number of morpholine rings is 1. The summed E-state index contributed by atoms with van der Waals surface area (Å²) in [5.74, 6) is -3.45. The summed E-state index contributed by atoms with van der Waals surface area (Å²) in [5.41, 5.74) is 1.13. The zero-order chi connectivity index (χ0) is 19.2. The average Bonchev–Trinajstić information content (AvgIpc) is 2.67. The third-order valence-corrected chi connectivity index (χ3v) is 4.01. The number of nitrogens with one attached hydrogen (secondary N) is 1. The lowest BCUT2D eigenvalue weighted by Gasteiger charge is -2.28. The molecule has 142 valence electrons. The second-order valence-corrected chi connectivity index (χ2v) is 5.89. The van der Waals surface area contributed by atoms with Gasteiger partial charge in [-0.15, -0.1) is 0 Å². The van der Waals surface area contributed by atoms with Crippen LogP contribution < -0.4 is 10.2 Å². The normalized spacial score (nSPS) is 13.9. The molecule has 6 nitrogen and oxygen atoms in total. The van der Waals surface area contributed by atoms with Gasteiger partial charge in [0.15, 0.2) is 6.61 Å². The maximum absolute atomic E-state index is 13.5. The number of esters is 1. The second-order valence-electron chi connectivity index (χ2n) is 5.89. The summed E-state index contributed by atoms with van der Waals surface area (Å²) in [6, 6.07) is 9.72. The number of nitrogens with zero attached hydrogens (tertiary/aromatic N) is 1. The lowest BCUT2D eigenvalue weighted by molar-refractivity contribution is -0.119. The molecule has 27 heavy (non-hydrogen) atoms. The molecule has 8 heteroatoms. The zero-order valence-corrected chi connectivity index (χ0v) is 14.4. The van der Waals surface area contributed by atoms with E-state index in [0.29, 0.717) is 25.0 Å². The molecule has 0 aliphatic carbocycles. The van der Waals surface area contributed by atoms with E-state index in [2.05, 4.69) is 10.2 Å². The summed E-state index contributed by atoms with van der Waals surface area (Å²) in [5, 5.41) is 2.59. The minimum absolute atomic E-state index is 0.431. The summed E-state index contributed by atoms with van der Waals surface area (Å²) >= 11 is 0. The fourth-order valence-electron chi connectivity index (χ4n) is 2.64. The predicted molar refractivity (Wildman–Crippen MR) is 94.7 cm³/mol. The van der Waals surface area contributed by atoms with Crippen LogP contribution >= 0.6 is 0 Å². The molecule has 1 amide bonds. The van der Waals surface area contributed by atoms with Crippen molar-refractivity contribution in [2.75, 3.05) is 43.1 Å². The number of halogens is 2. The molecule has 1 saturated heterocycles. The molecule has 1 heterocycles. The van der Waals surface area contributed by atoms with Crippen molar-refractivity contribution >= 4 is 23.3 Å². The Kier molecular flexibility index (Phi) is 5.97. The predicted octanol–water partition coefficient (Wildman–Crippen LogP) is 2.60. The van der Waals surface area contributed by atoms with Crippen molar-refractivity contribution in [1.29, 1.82) is 0 Å². The molecule has 1 N–H and O–H groups in total. The minimum Gasteiger partial charge on any atom is -0.452 e. The number of anilines is 2. The van der Waals surface area contributed by atoms with Crippen molar-refractivity contribution in [3.63, 3.8) is 0 Å². The van der Waals surface area contributed by atoms with Gasteiger partial charge in [0.25, 0.3) is 5.91 Å². The third kappa shape index (κ3) is 5.01. The molecule has 2 aromatic rings. The van der Waals surface area contributed by atoms with E-state index < -0.39 is 35.7 Å². The number of amides is 1. The van der Waals surface area contributed by atoms with Crippen LogP contribution in [-0.4, -0.2) is 44.8 Å². The van der Waals surface area contributed by atoms with Crippen LogP contribution in [0.25, 0.3) is 0 Å². The van der Waals surface area contributed by atoms with Crippen LogP contribution in [0, 0.1) is 11.6 Å². The van der Waals surface area contributed by atoms with Gasteiger partial charge in [0, 0.05) is 30.5 Å². The number of ether oxygens (including phenoxy) is 2. The third-order valence-electron chi connectivity index (χ3n) is 4.01. The molecule has 0 unspecified atom stereocenters. The van der Waals surface area contributed by atoms with E-state index in [0.717, 1.165) is 30.9 Å². The van der Waals surface area contributed by atoms with E-state index in [1.54, 1.807) is 12.1 Å². The molecular weight excluding hydrogens is 358 g/mol. The van der Waals surface area contributed by atoms with Crippen LogP contribution in [0.1, 0.15) is 10.4 Å². The summed E-state index contributed by atoms with van der Waals surface area (Å²) in [6.07, 6.45) is 0. The van der Waals surface area contributed by atoms with Gasteiger partial charge in [0.1, 0.15) is 11.6 Å². The van der Waals surface area contributed by atoms with E-state index in [9.17, 15) is 18.4 Å². The van der Waals surface area contributed by atoms with Gasteiger partial charge < -0.3 is 19.7 Å². The highest BCUT2D eigenvalue weighted by molar-refractivity contribution is 5.95. The van der Waals surface area contributed by atoms with Crippen LogP contribution in [0.3, 0.4) is 0 Å². The van der Waals surface area contributed by atoms with Crippen molar-refractivity contribution in [1.82, 2.24) is 0 Å². The van der Waals surface area contributed by atoms with Crippen molar-refractivity contribution < 1.29 is 27.8 Å². The van der Waals surface area contributed by atoms with Gasteiger partial charge >= 0.3 is 5.97 Å². The van der Waals surface area contributed by atoms with E-state index in [-0.39, 0.29) is 0 Å². The highest BCUT2D eigenvalue weighted by atomic mass is 19.1. The van der Waals surface area contributed by atoms with E-state index in [1.807, 2.05) is 12.1 Å². The summed E-state index contributed by atoms with van der Waals surface area (Å²) in [7, 11) is 0. The lowest BCUT2D eigenvalue weighted by Crippen LogP contribution is -2.36.